The summed E-state index contributed by atoms with van der Waals surface area (Å²) in [6, 6.07) is 0. The predicted octanol–water partition coefficient (Wildman–Crippen LogP) is 3.41. The van der Waals surface area contributed by atoms with E-state index in [0.29, 0.717) is 11.6 Å². The van der Waals surface area contributed by atoms with Crippen LogP contribution >= 0.6 is 0 Å². The summed E-state index contributed by atoms with van der Waals surface area (Å²) < 4.78 is 24.6. The molecule has 1 rings (SSSR count). The highest BCUT2D eigenvalue weighted by atomic mass is 19.3. The van der Waals surface area contributed by atoms with Crippen LogP contribution in [0.2, 0.25) is 0 Å². The molecule has 0 saturated heterocycles. The van der Waals surface area contributed by atoms with Crippen LogP contribution in [-0.2, 0) is 0 Å². The summed E-state index contributed by atoms with van der Waals surface area (Å²) in [5.74, 6) is 2.01. The van der Waals surface area contributed by atoms with Crippen molar-refractivity contribution in [2.24, 2.45) is 0 Å². The van der Waals surface area contributed by atoms with Crippen molar-refractivity contribution in [1.29, 1.82) is 0 Å². The van der Waals surface area contributed by atoms with Gasteiger partial charge in [0, 0.05) is 18.0 Å². The van der Waals surface area contributed by atoms with E-state index in [9.17, 15) is 8.78 Å². The van der Waals surface area contributed by atoms with Crippen molar-refractivity contribution in [3.05, 3.63) is 11.4 Å². The lowest BCUT2D eigenvalue weighted by molar-refractivity contribution is 0.163. The Bertz CT molecular complexity index is 408. The summed E-state index contributed by atoms with van der Waals surface area (Å²) in [7, 11) is 0. The Morgan fingerprint density at radius 3 is 2.16 bits per heavy atom. The Balaban J connectivity index is 3.02. The zero-order chi connectivity index (χ0) is 14.4. The number of hydrogen-bond acceptors (Lipinski definition) is 4. The third-order valence-corrected chi connectivity index (χ3v) is 2.65. The molecule has 0 aliphatic heterocycles. The maximum absolute atomic E-state index is 12.3. The van der Waals surface area contributed by atoms with Gasteiger partial charge in [0.05, 0.1) is 6.54 Å². The second kappa shape index (κ2) is 7.21. The van der Waals surface area contributed by atoms with E-state index in [1.807, 2.05) is 20.8 Å². The van der Waals surface area contributed by atoms with Crippen molar-refractivity contribution in [3.8, 4) is 0 Å². The van der Waals surface area contributed by atoms with E-state index in [1.165, 1.54) is 0 Å². The van der Waals surface area contributed by atoms with Crippen LogP contribution in [-0.4, -0.2) is 29.5 Å². The summed E-state index contributed by atoms with van der Waals surface area (Å²) in [5.41, 5.74) is 0.776. The quantitative estimate of drug-likeness (QED) is 0.798. The maximum Gasteiger partial charge on any atom is 0.255 e. The minimum atomic E-state index is -2.40. The van der Waals surface area contributed by atoms with E-state index in [0.717, 1.165) is 24.3 Å². The largest absolute Gasteiger partial charge is 0.370 e. The van der Waals surface area contributed by atoms with Gasteiger partial charge in [-0.15, -0.1) is 0 Å². The topological polar surface area (TPSA) is 49.8 Å². The van der Waals surface area contributed by atoms with Gasteiger partial charge in [0.1, 0.15) is 17.5 Å². The summed E-state index contributed by atoms with van der Waals surface area (Å²) in [6.45, 7) is 8.24. The average molecular weight is 272 g/mol. The fourth-order valence-corrected chi connectivity index (χ4v) is 1.55. The lowest BCUT2D eigenvalue weighted by Crippen LogP contribution is -2.16. The zero-order valence-corrected chi connectivity index (χ0v) is 11.9. The van der Waals surface area contributed by atoms with E-state index in [4.69, 9.17) is 0 Å². The molecule has 0 unspecified atom stereocenters. The molecule has 19 heavy (non-hydrogen) atoms. The number of nitrogens with zero attached hydrogens (tertiary/aromatic N) is 2. The second-order valence-corrected chi connectivity index (χ2v) is 4.76. The molecule has 0 spiro atoms. The fourth-order valence-electron chi connectivity index (χ4n) is 1.55. The molecule has 0 radical (unpaired) electrons. The van der Waals surface area contributed by atoms with Crippen LogP contribution in [0.15, 0.2) is 0 Å². The van der Waals surface area contributed by atoms with Gasteiger partial charge < -0.3 is 10.6 Å². The molecule has 0 amide bonds. The Hall–Kier alpha value is -1.46. The predicted molar refractivity (Wildman–Crippen MR) is 74.1 cm³/mol. The molecule has 0 aliphatic carbocycles. The first-order chi connectivity index (χ1) is 8.95. The molecular formula is C13H22F2N4. The number of hydrogen-bond donors (Lipinski definition) is 2. The van der Waals surface area contributed by atoms with Crippen LogP contribution in [0.1, 0.15) is 44.5 Å². The van der Waals surface area contributed by atoms with Crippen molar-refractivity contribution < 1.29 is 8.78 Å². The van der Waals surface area contributed by atoms with Crippen molar-refractivity contribution >= 4 is 11.6 Å². The van der Waals surface area contributed by atoms with Crippen LogP contribution in [0.3, 0.4) is 0 Å². The SMILES string of the molecule is CCCNc1nc(C(C)C)nc(NCC(F)F)c1C. The average Bonchev–Trinajstić information content (AvgIpc) is 2.35. The lowest BCUT2D eigenvalue weighted by Gasteiger charge is -2.16. The van der Waals surface area contributed by atoms with Crippen molar-refractivity contribution in [1.82, 2.24) is 9.97 Å². The molecule has 0 atom stereocenters. The fraction of sp³-hybridized carbons (Fsp3) is 0.692. The van der Waals surface area contributed by atoms with Gasteiger partial charge in [-0.3, -0.25) is 0 Å². The number of aromatic nitrogens is 2. The number of alkyl halides is 2. The van der Waals surface area contributed by atoms with Crippen LogP contribution in [0.4, 0.5) is 20.4 Å². The highest BCUT2D eigenvalue weighted by Gasteiger charge is 2.13. The third-order valence-electron chi connectivity index (χ3n) is 2.65. The Labute approximate surface area is 113 Å². The first-order valence-corrected chi connectivity index (χ1v) is 6.60. The number of halogens is 2. The highest BCUT2D eigenvalue weighted by molar-refractivity contribution is 5.57. The van der Waals surface area contributed by atoms with Gasteiger partial charge in [-0.05, 0) is 13.3 Å². The molecule has 0 fully saturated rings. The third kappa shape index (κ3) is 4.61. The molecule has 4 nitrogen and oxygen atoms in total. The van der Waals surface area contributed by atoms with Crippen molar-refractivity contribution in [2.45, 2.75) is 46.5 Å². The van der Waals surface area contributed by atoms with E-state index < -0.39 is 13.0 Å². The van der Waals surface area contributed by atoms with Crippen molar-refractivity contribution in [2.75, 3.05) is 23.7 Å². The summed E-state index contributed by atoms with van der Waals surface area (Å²) in [4.78, 5) is 8.76. The van der Waals surface area contributed by atoms with Gasteiger partial charge in [-0.25, -0.2) is 18.7 Å². The summed E-state index contributed by atoms with van der Waals surface area (Å²) in [6.07, 6.45) is -1.43. The lowest BCUT2D eigenvalue weighted by atomic mass is 10.2. The minimum Gasteiger partial charge on any atom is -0.370 e. The molecule has 1 aromatic heterocycles. The van der Waals surface area contributed by atoms with Crippen LogP contribution in [0, 0.1) is 6.92 Å². The minimum absolute atomic E-state index is 0.148. The van der Waals surface area contributed by atoms with Crippen molar-refractivity contribution in [3.63, 3.8) is 0 Å². The summed E-state index contributed by atoms with van der Waals surface area (Å²) in [5, 5.41) is 5.89. The Morgan fingerprint density at radius 2 is 1.68 bits per heavy atom. The number of anilines is 2. The standard InChI is InChI=1S/C13H22F2N4/c1-5-6-16-12-9(4)13(17-7-10(14)15)19-11(18-12)8(2)3/h8,10H,5-7H2,1-4H3,(H2,16,17,18,19). The molecule has 0 bridgehead atoms. The Morgan fingerprint density at radius 1 is 1.11 bits per heavy atom. The number of rotatable bonds is 7. The van der Waals surface area contributed by atoms with Gasteiger partial charge >= 0.3 is 0 Å². The van der Waals surface area contributed by atoms with Crippen LogP contribution < -0.4 is 10.6 Å². The van der Waals surface area contributed by atoms with Crippen LogP contribution in [0.5, 0.6) is 0 Å². The molecule has 0 aliphatic rings. The highest BCUT2D eigenvalue weighted by Crippen LogP contribution is 2.23. The molecule has 0 saturated carbocycles. The van der Waals surface area contributed by atoms with E-state index in [1.54, 1.807) is 0 Å². The normalized spacial score (nSPS) is 11.2. The molecule has 1 heterocycles. The molecule has 1 aromatic rings. The first-order valence-electron chi connectivity index (χ1n) is 6.60. The number of nitrogens with one attached hydrogen (secondary N) is 2. The molecular weight excluding hydrogens is 250 g/mol. The van der Waals surface area contributed by atoms with E-state index >= 15 is 0 Å². The second-order valence-electron chi connectivity index (χ2n) is 4.76. The summed E-state index contributed by atoms with van der Waals surface area (Å²) >= 11 is 0. The van der Waals surface area contributed by atoms with Gasteiger partial charge in [-0.2, -0.15) is 0 Å². The molecule has 2 N–H and O–H groups in total. The zero-order valence-electron chi connectivity index (χ0n) is 11.9. The van der Waals surface area contributed by atoms with Gasteiger partial charge in [0.25, 0.3) is 6.43 Å². The van der Waals surface area contributed by atoms with Gasteiger partial charge in [0.2, 0.25) is 0 Å². The maximum atomic E-state index is 12.3. The van der Waals surface area contributed by atoms with Gasteiger partial charge in [0.15, 0.2) is 0 Å². The van der Waals surface area contributed by atoms with E-state index in [-0.39, 0.29) is 5.92 Å². The molecule has 108 valence electrons. The smallest absolute Gasteiger partial charge is 0.255 e. The van der Waals surface area contributed by atoms with E-state index in [2.05, 4.69) is 27.5 Å². The molecule has 0 aromatic carbocycles. The Kier molecular flexibility index (Phi) is 5.92. The van der Waals surface area contributed by atoms with Gasteiger partial charge in [-0.1, -0.05) is 20.8 Å². The molecule has 6 heteroatoms. The first kappa shape index (κ1) is 15.6. The van der Waals surface area contributed by atoms with Crippen LogP contribution in [0.25, 0.3) is 0 Å². The monoisotopic (exact) mass is 272 g/mol.